The lowest BCUT2D eigenvalue weighted by Gasteiger charge is -2.06. The van der Waals surface area contributed by atoms with Crippen LogP contribution >= 0.6 is 11.3 Å². The summed E-state index contributed by atoms with van der Waals surface area (Å²) in [7, 11) is -3.92. The van der Waals surface area contributed by atoms with Crippen molar-refractivity contribution in [1.82, 2.24) is 15.5 Å². The van der Waals surface area contributed by atoms with Gasteiger partial charge in [-0.1, -0.05) is 47.7 Å². The van der Waals surface area contributed by atoms with Gasteiger partial charge in [-0.05, 0) is 18.2 Å². The van der Waals surface area contributed by atoms with E-state index in [1.54, 1.807) is 0 Å². The number of amides is 2. The van der Waals surface area contributed by atoms with Gasteiger partial charge in [0.2, 0.25) is 21.1 Å². The topological polar surface area (TPSA) is 144 Å². The van der Waals surface area contributed by atoms with E-state index in [4.69, 9.17) is 5.14 Å². The summed E-state index contributed by atoms with van der Waals surface area (Å²) in [4.78, 5) is 23.9. The zero-order valence-corrected chi connectivity index (χ0v) is 16.0. The fraction of sp³-hybridized carbons (Fsp3) is 0.0588. The van der Waals surface area contributed by atoms with Crippen molar-refractivity contribution in [1.29, 1.82) is 0 Å². The molecule has 0 spiro atoms. The number of benzene rings is 2. The Balaban J connectivity index is 1.58. The fourth-order valence-electron chi connectivity index (χ4n) is 2.21. The van der Waals surface area contributed by atoms with E-state index >= 15 is 0 Å². The number of sulfonamides is 1. The van der Waals surface area contributed by atoms with Gasteiger partial charge in [-0.3, -0.25) is 14.9 Å². The minimum Gasteiger partial charge on any atom is -0.343 e. The van der Waals surface area contributed by atoms with Gasteiger partial charge in [0.05, 0.1) is 11.4 Å². The molecule has 144 valence electrons. The Labute approximate surface area is 164 Å². The Kier molecular flexibility index (Phi) is 5.78. The average Bonchev–Trinajstić information content (AvgIpc) is 3.14. The lowest BCUT2D eigenvalue weighted by molar-refractivity contribution is -0.115. The van der Waals surface area contributed by atoms with Crippen LogP contribution in [0.5, 0.6) is 0 Å². The van der Waals surface area contributed by atoms with Gasteiger partial charge < -0.3 is 5.32 Å². The number of hydrogen-bond donors (Lipinski definition) is 3. The summed E-state index contributed by atoms with van der Waals surface area (Å²) in [6.07, 6.45) is 0. The summed E-state index contributed by atoms with van der Waals surface area (Å²) in [6.45, 7) is -0.321. The average molecular weight is 417 g/mol. The van der Waals surface area contributed by atoms with E-state index in [1.807, 2.05) is 30.3 Å². The number of primary sulfonamides is 1. The monoisotopic (exact) mass is 417 g/mol. The standard InChI is InChI=1S/C17H15N5O4S2/c18-28(25,26)13-8-4-7-12(9-13)15(24)19-10-14(23)20-17-22-21-16(27-17)11-5-2-1-3-6-11/h1-9H,10H2,(H,19,24)(H2,18,25,26)(H,20,22,23). The highest BCUT2D eigenvalue weighted by molar-refractivity contribution is 7.89. The number of rotatable bonds is 6. The Hall–Kier alpha value is -3.15. The van der Waals surface area contributed by atoms with Gasteiger partial charge in [0.15, 0.2) is 0 Å². The van der Waals surface area contributed by atoms with E-state index in [0.29, 0.717) is 10.1 Å². The summed E-state index contributed by atoms with van der Waals surface area (Å²) in [5.74, 6) is -1.10. The molecule has 28 heavy (non-hydrogen) atoms. The molecule has 3 aromatic rings. The van der Waals surface area contributed by atoms with Crippen LogP contribution in [-0.4, -0.2) is 37.0 Å². The maximum atomic E-state index is 12.1. The molecular weight excluding hydrogens is 402 g/mol. The van der Waals surface area contributed by atoms with Crippen molar-refractivity contribution in [3.8, 4) is 10.6 Å². The fourth-order valence-corrected chi connectivity index (χ4v) is 3.54. The summed E-state index contributed by atoms with van der Waals surface area (Å²) in [5, 5.41) is 18.9. The second-order valence-corrected chi connectivity index (χ2v) is 8.12. The van der Waals surface area contributed by atoms with Gasteiger partial charge >= 0.3 is 0 Å². The molecule has 2 aromatic carbocycles. The molecule has 0 atom stereocenters. The normalized spacial score (nSPS) is 11.0. The molecule has 0 aliphatic rings. The third kappa shape index (κ3) is 4.97. The first kappa shape index (κ1) is 19.6. The van der Waals surface area contributed by atoms with Crippen LogP contribution in [0.25, 0.3) is 10.6 Å². The third-order valence-electron chi connectivity index (χ3n) is 3.53. The zero-order chi connectivity index (χ0) is 20.1. The predicted octanol–water partition coefficient (Wildman–Crippen LogP) is 1.22. The second-order valence-electron chi connectivity index (χ2n) is 5.58. The molecule has 0 aliphatic heterocycles. The number of nitrogens with zero attached hydrogens (tertiary/aromatic N) is 2. The van der Waals surface area contributed by atoms with Crippen molar-refractivity contribution in [2.75, 3.05) is 11.9 Å². The van der Waals surface area contributed by atoms with Gasteiger partial charge in [0.25, 0.3) is 5.91 Å². The van der Waals surface area contributed by atoms with E-state index < -0.39 is 21.8 Å². The quantitative estimate of drug-likeness (QED) is 0.550. The molecule has 9 nitrogen and oxygen atoms in total. The summed E-state index contributed by atoms with van der Waals surface area (Å²) < 4.78 is 22.7. The maximum absolute atomic E-state index is 12.1. The van der Waals surface area contributed by atoms with Gasteiger partial charge in [-0.2, -0.15) is 0 Å². The van der Waals surface area contributed by atoms with Crippen molar-refractivity contribution in [3.05, 3.63) is 60.2 Å². The molecule has 1 aromatic heterocycles. The second kappa shape index (κ2) is 8.25. The van der Waals surface area contributed by atoms with Crippen molar-refractivity contribution in [2.24, 2.45) is 5.14 Å². The Bertz CT molecular complexity index is 1110. The Morgan fingerprint density at radius 2 is 1.79 bits per heavy atom. The summed E-state index contributed by atoms with van der Waals surface area (Å²) in [6, 6.07) is 14.6. The van der Waals surface area contributed by atoms with Gasteiger partial charge in [0.1, 0.15) is 5.01 Å². The van der Waals surface area contributed by atoms with Crippen molar-refractivity contribution in [2.45, 2.75) is 4.90 Å². The molecule has 4 N–H and O–H groups in total. The lowest BCUT2D eigenvalue weighted by Crippen LogP contribution is -2.33. The highest BCUT2D eigenvalue weighted by atomic mass is 32.2. The lowest BCUT2D eigenvalue weighted by atomic mass is 10.2. The number of carbonyl (C=O) groups excluding carboxylic acids is 2. The van der Waals surface area contributed by atoms with Crippen LogP contribution in [0.2, 0.25) is 0 Å². The molecule has 3 rings (SSSR count). The molecule has 2 amide bonds. The van der Waals surface area contributed by atoms with Gasteiger partial charge in [0, 0.05) is 11.1 Å². The number of nitrogens with two attached hydrogens (primary N) is 1. The minimum atomic E-state index is -3.92. The third-order valence-corrected chi connectivity index (χ3v) is 5.33. The molecule has 0 saturated carbocycles. The molecule has 0 aliphatic carbocycles. The van der Waals surface area contributed by atoms with Gasteiger partial charge in [-0.15, -0.1) is 10.2 Å². The summed E-state index contributed by atoms with van der Waals surface area (Å²) >= 11 is 1.20. The molecule has 0 fully saturated rings. The molecule has 0 bridgehead atoms. The first-order chi connectivity index (χ1) is 13.3. The molecule has 11 heteroatoms. The van der Waals surface area contributed by atoms with Crippen LogP contribution in [0, 0.1) is 0 Å². The van der Waals surface area contributed by atoms with Crippen LogP contribution in [-0.2, 0) is 14.8 Å². The van der Waals surface area contributed by atoms with E-state index in [0.717, 1.165) is 11.6 Å². The first-order valence-electron chi connectivity index (χ1n) is 7.93. The van der Waals surface area contributed by atoms with Crippen LogP contribution in [0.4, 0.5) is 5.13 Å². The number of carbonyl (C=O) groups is 2. The first-order valence-corrected chi connectivity index (χ1v) is 10.3. The number of nitrogens with one attached hydrogen (secondary N) is 2. The molecule has 0 radical (unpaired) electrons. The molecule has 1 heterocycles. The van der Waals surface area contributed by atoms with Crippen LogP contribution < -0.4 is 15.8 Å². The van der Waals surface area contributed by atoms with E-state index in [1.165, 1.54) is 29.5 Å². The van der Waals surface area contributed by atoms with Crippen molar-refractivity contribution in [3.63, 3.8) is 0 Å². The smallest absolute Gasteiger partial charge is 0.251 e. The zero-order valence-electron chi connectivity index (χ0n) is 14.3. The van der Waals surface area contributed by atoms with Crippen LogP contribution in [0.15, 0.2) is 59.5 Å². The highest BCUT2D eigenvalue weighted by Crippen LogP contribution is 2.25. The summed E-state index contributed by atoms with van der Waals surface area (Å²) in [5.41, 5.74) is 0.949. The van der Waals surface area contributed by atoms with Crippen LogP contribution in [0.1, 0.15) is 10.4 Å². The van der Waals surface area contributed by atoms with Crippen LogP contribution in [0.3, 0.4) is 0 Å². The highest BCUT2D eigenvalue weighted by Gasteiger charge is 2.14. The molecule has 0 saturated heterocycles. The van der Waals surface area contributed by atoms with Gasteiger partial charge in [-0.25, -0.2) is 13.6 Å². The largest absolute Gasteiger partial charge is 0.343 e. The Morgan fingerprint density at radius 3 is 2.50 bits per heavy atom. The predicted molar refractivity (Wildman–Crippen MR) is 104 cm³/mol. The Morgan fingerprint density at radius 1 is 1.04 bits per heavy atom. The van der Waals surface area contributed by atoms with E-state index in [-0.39, 0.29) is 17.0 Å². The van der Waals surface area contributed by atoms with E-state index in [9.17, 15) is 18.0 Å². The SMILES string of the molecule is NS(=O)(=O)c1cccc(C(=O)NCC(=O)Nc2nnc(-c3ccccc3)s2)c1. The van der Waals surface area contributed by atoms with Crippen molar-refractivity contribution >= 4 is 38.3 Å². The molecule has 0 unspecified atom stereocenters. The number of hydrogen-bond acceptors (Lipinski definition) is 7. The minimum absolute atomic E-state index is 0.0709. The van der Waals surface area contributed by atoms with Crippen molar-refractivity contribution < 1.29 is 18.0 Å². The van der Waals surface area contributed by atoms with E-state index in [2.05, 4.69) is 20.8 Å². The number of anilines is 1. The number of aromatic nitrogens is 2. The molecular formula is C17H15N5O4S2. The maximum Gasteiger partial charge on any atom is 0.251 e.